The smallest absolute Gasteiger partial charge is 0.202 e. The maximum absolute atomic E-state index is 10.9. The highest BCUT2D eigenvalue weighted by molar-refractivity contribution is 5.85. The normalized spacial score (nSPS) is 16.9. The van der Waals surface area contributed by atoms with E-state index >= 15 is 0 Å². The Morgan fingerprint density at radius 1 is 1.38 bits per heavy atom. The van der Waals surface area contributed by atoms with Crippen LogP contribution in [0, 0.1) is 0 Å². The Morgan fingerprint density at radius 2 is 2.08 bits per heavy atom. The largest absolute Gasteiger partial charge is 0.342 e. The molecule has 13 heavy (non-hydrogen) atoms. The van der Waals surface area contributed by atoms with Crippen LogP contribution in [0.3, 0.4) is 0 Å². The number of nitrogens with one attached hydrogen (secondary N) is 1. The standard InChI is InChI=1S/C8H11N3O.ClH/c12-7-1-5-11(6-2-7)8-9-3-4-10-8;/h3-4H,1-2,5-6H2,(H,9,10);1H. The lowest BCUT2D eigenvalue weighted by Crippen LogP contribution is -2.34. The Hall–Kier alpha value is -1.03. The number of carbonyl (C=O) groups excluding carboxylic acids is 1. The van der Waals surface area contributed by atoms with E-state index in [1.807, 2.05) is 0 Å². The molecule has 4 nitrogen and oxygen atoms in total. The summed E-state index contributed by atoms with van der Waals surface area (Å²) in [6.45, 7) is 1.60. The van der Waals surface area contributed by atoms with Gasteiger partial charge >= 0.3 is 0 Å². The van der Waals surface area contributed by atoms with Crippen LogP contribution < -0.4 is 4.90 Å². The second kappa shape index (κ2) is 4.28. The molecule has 0 spiro atoms. The van der Waals surface area contributed by atoms with Crippen molar-refractivity contribution in [3.05, 3.63) is 12.4 Å². The molecule has 1 saturated heterocycles. The van der Waals surface area contributed by atoms with Crippen LogP contribution in [-0.2, 0) is 4.79 Å². The number of rotatable bonds is 1. The molecule has 1 aliphatic rings. The lowest BCUT2D eigenvalue weighted by atomic mass is 10.1. The summed E-state index contributed by atoms with van der Waals surface area (Å²) >= 11 is 0. The summed E-state index contributed by atoms with van der Waals surface area (Å²) in [7, 11) is 0. The minimum atomic E-state index is 0. The molecule has 1 N–H and O–H groups in total. The molecular weight excluding hydrogens is 190 g/mol. The molecule has 1 fully saturated rings. The second-order valence-electron chi connectivity index (χ2n) is 2.94. The van der Waals surface area contributed by atoms with E-state index in [2.05, 4.69) is 14.9 Å². The highest BCUT2D eigenvalue weighted by Crippen LogP contribution is 2.12. The minimum absolute atomic E-state index is 0. The molecule has 2 rings (SSSR count). The third-order valence-electron chi connectivity index (χ3n) is 2.10. The van der Waals surface area contributed by atoms with Gasteiger partial charge < -0.3 is 9.88 Å². The molecule has 0 saturated carbocycles. The number of H-pyrrole nitrogens is 1. The number of aromatic amines is 1. The number of carbonyl (C=O) groups is 1. The van der Waals surface area contributed by atoms with E-state index in [0.29, 0.717) is 18.6 Å². The van der Waals surface area contributed by atoms with Crippen LogP contribution in [-0.4, -0.2) is 28.8 Å². The number of imidazole rings is 1. The number of Topliss-reactive ketones (excluding diaryl/α,β-unsaturated/α-hetero) is 1. The van der Waals surface area contributed by atoms with Gasteiger partial charge in [-0.3, -0.25) is 4.79 Å². The fraction of sp³-hybridized carbons (Fsp3) is 0.500. The molecule has 1 aliphatic heterocycles. The summed E-state index contributed by atoms with van der Waals surface area (Å²) in [6.07, 6.45) is 4.83. The maximum atomic E-state index is 10.9. The van der Waals surface area contributed by atoms with E-state index in [1.165, 1.54) is 0 Å². The van der Waals surface area contributed by atoms with Gasteiger partial charge in [-0.25, -0.2) is 4.98 Å². The van der Waals surface area contributed by atoms with Crippen molar-refractivity contribution in [1.82, 2.24) is 9.97 Å². The van der Waals surface area contributed by atoms with Crippen molar-refractivity contribution in [3.8, 4) is 0 Å². The van der Waals surface area contributed by atoms with Crippen molar-refractivity contribution in [3.63, 3.8) is 0 Å². The zero-order valence-corrected chi connectivity index (χ0v) is 8.01. The van der Waals surface area contributed by atoms with Gasteiger partial charge in [0.25, 0.3) is 0 Å². The van der Waals surface area contributed by atoms with Crippen LogP contribution in [0.5, 0.6) is 0 Å². The number of ketones is 1. The number of piperidine rings is 1. The van der Waals surface area contributed by atoms with Gasteiger partial charge in [0.05, 0.1) is 0 Å². The SMILES string of the molecule is Cl.O=C1CCN(c2ncc[nH]2)CC1. The molecule has 72 valence electrons. The van der Waals surface area contributed by atoms with Gasteiger partial charge in [0.1, 0.15) is 5.78 Å². The van der Waals surface area contributed by atoms with Crippen molar-refractivity contribution >= 4 is 24.1 Å². The van der Waals surface area contributed by atoms with Gasteiger partial charge in [-0.1, -0.05) is 0 Å². The zero-order valence-electron chi connectivity index (χ0n) is 7.19. The predicted molar refractivity (Wildman–Crippen MR) is 52.3 cm³/mol. The third kappa shape index (κ3) is 2.21. The van der Waals surface area contributed by atoms with Crippen LogP contribution in [0.15, 0.2) is 12.4 Å². The lowest BCUT2D eigenvalue weighted by Gasteiger charge is -2.25. The predicted octanol–water partition coefficient (Wildman–Crippen LogP) is 1.00. The minimum Gasteiger partial charge on any atom is -0.342 e. The Morgan fingerprint density at radius 3 is 2.62 bits per heavy atom. The van der Waals surface area contributed by atoms with Crippen molar-refractivity contribution in [2.24, 2.45) is 0 Å². The van der Waals surface area contributed by atoms with Crippen LogP contribution in [0.1, 0.15) is 12.8 Å². The van der Waals surface area contributed by atoms with Crippen LogP contribution in [0.2, 0.25) is 0 Å². The fourth-order valence-electron chi connectivity index (χ4n) is 1.40. The van der Waals surface area contributed by atoms with Crippen LogP contribution in [0.4, 0.5) is 5.95 Å². The molecule has 1 aromatic rings. The van der Waals surface area contributed by atoms with Gasteiger partial charge in [0, 0.05) is 38.3 Å². The average molecular weight is 202 g/mol. The van der Waals surface area contributed by atoms with Gasteiger partial charge in [0.15, 0.2) is 0 Å². The molecule has 0 unspecified atom stereocenters. The summed E-state index contributed by atoms with van der Waals surface area (Å²) in [4.78, 5) is 20.2. The van der Waals surface area contributed by atoms with Gasteiger partial charge in [0.2, 0.25) is 5.95 Å². The summed E-state index contributed by atoms with van der Waals surface area (Å²) in [6, 6.07) is 0. The van der Waals surface area contributed by atoms with Gasteiger partial charge in [-0.15, -0.1) is 12.4 Å². The van der Waals surface area contributed by atoms with Crippen molar-refractivity contribution in [2.45, 2.75) is 12.8 Å². The van der Waals surface area contributed by atoms with E-state index in [4.69, 9.17) is 0 Å². The van der Waals surface area contributed by atoms with E-state index < -0.39 is 0 Å². The number of anilines is 1. The first-order valence-electron chi connectivity index (χ1n) is 4.12. The molecular formula is C8H12ClN3O. The Bertz CT molecular complexity index is 263. The molecule has 0 atom stereocenters. The summed E-state index contributed by atoms with van der Waals surface area (Å²) in [5.41, 5.74) is 0. The first kappa shape index (κ1) is 10.1. The third-order valence-corrected chi connectivity index (χ3v) is 2.10. The summed E-state index contributed by atoms with van der Waals surface area (Å²) in [5.74, 6) is 1.24. The van der Waals surface area contributed by atoms with Gasteiger partial charge in [-0.05, 0) is 0 Å². The lowest BCUT2D eigenvalue weighted by molar-refractivity contribution is -0.119. The van der Waals surface area contributed by atoms with Gasteiger partial charge in [-0.2, -0.15) is 0 Å². The number of nitrogens with zero attached hydrogens (tertiary/aromatic N) is 2. The van der Waals surface area contributed by atoms with Crippen LogP contribution >= 0.6 is 12.4 Å². The molecule has 0 aromatic carbocycles. The quantitative estimate of drug-likeness (QED) is 0.738. The molecule has 0 bridgehead atoms. The number of halogens is 1. The number of hydrogen-bond donors (Lipinski definition) is 1. The van der Waals surface area contributed by atoms with E-state index in [-0.39, 0.29) is 12.4 Å². The first-order valence-corrected chi connectivity index (χ1v) is 4.12. The molecule has 2 heterocycles. The topological polar surface area (TPSA) is 49.0 Å². The van der Waals surface area contributed by atoms with E-state index in [9.17, 15) is 4.79 Å². The monoisotopic (exact) mass is 201 g/mol. The molecule has 0 aliphatic carbocycles. The highest BCUT2D eigenvalue weighted by Gasteiger charge is 2.17. The Balaban J connectivity index is 0.000000845. The maximum Gasteiger partial charge on any atom is 0.202 e. The van der Waals surface area contributed by atoms with Crippen molar-refractivity contribution in [1.29, 1.82) is 0 Å². The summed E-state index contributed by atoms with van der Waals surface area (Å²) < 4.78 is 0. The number of hydrogen-bond acceptors (Lipinski definition) is 3. The first-order chi connectivity index (χ1) is 5.86. The Kier molecular flexibility index (Phi) is 3.31. The zero-order chi connectivity index (χ0) is 8.39. The molecule has 1 aromatic heterocycles. The number of aromatic nitrogens is 2. The second-order valence-corrected chi connectivity index (χ2v) is 2.94. The fourth-order valence-corrected chi connectivity index (χ4v) is 1.40. The molecule has 0 radical (unpaired) electrons. The van der Waals surface area contributed by atoms with Crippen molar-refractivity contribution in [2.75, 3.05) is 18.0 Å². The van der Waals surface area contributed by atoms with E-state index in [1.54, 1.807) is 12.4 Å². The molecule has 5 heteroatoms. The Labute approximate surface area is 82.8 Å². The van der Waals surface area contributed by atoms with E-state index in [0.717, 1.165) is 19.0 Å². The summed E-state index contributed by atoms with van der Waals surface area (Å²) in [5, 5.41) is 0. The van der Waals surface area contributed by atoms with Crippen LogP contribution in [0.25, 0.3) is 0 Å². The van der Waals surface area contributed by atoms with Crippen molar-refractivity contribution < 1.29 is 4.79 Å². The highest BCUT2D eigenvalue weighted by atomic mass is 35.5. The average Bonchev–Trinajstić information content (AvgIpc) is 2.58. The molecule has 0 amide bonds.